The third kappa shape index (κ3) is 4.65. The van der Waals surface area contributed by atoms with Crippen LogP contribution in [0, 0.1) is 11.3 Å². The molecule has 0 aliphatic rings. The molecule has 0 heterocycles. The van der Waals surface area contributed by atoms with E-state index in [0.717, 1.165) is 0 Å². The molecule has 0 aromatic carbocycles. The van der Waals surface area contributed by atoms with Crippen LogP contribution in [-0.2, 0) is 4.79 Å². The van der Waals surface area contributed by atoms with Crippen molar-refractivity contribution < 1.29 is 4.79 Å². The van der Waals surface area contributed by atoms with Crippen molar-refractivity contribution in [1.29, 1.82) is 0 Å². The first-order chi connectivity index (χ1) is 6.77. The highest BCUT2D eigenvalue weighted by molar-refractivity contribution is 5.86. The molecule has 0 fully saturated rings. The van der Waals surface area contributed by atoms with E-state index in [1.807, 2.05) is 27.7 Å². The van der Waals surface area contributed by atoms with Crippen LogP contribution in [0.5, 0.6) is 0 Å². The fourth-order valence-corrected chi connectivity index (χ4v) is 2.05. The Hall–Kier alpha value is -0.370. The fraction of sp³-hybridized carbons (Fsp3) is 0.929. The van der Waals surface area contributed by atoms with E-state index in [1.165, 1.54) is 0 Å². The van der Waals surface area contributed by atoms with Crippen LogP contribution >= 0.6 is 0 Å². The van der Waals surface area contributed by atoms with Crippen molar-refractivity contribution in [3.8, 4) is 0 Å². The van der Waals surface area contributed by atoms with Gasteiger partial charge in [0.15, 0.2) is 0 Å². The first-order valence-electron chi connectivity index (χ1n) is 6.11. The maximum absolute atomic E-state index is 12.3. The standard InChI is InChI=1S/C14H29NO/c1-10(11(16)12(2,3)4)14(8,9)15-13(5,6)7/h10,15H,1-9H3. The second-order valence-electron chi connectivity index (χ2n) is 7.43. The maximum Gasteiger partial charge on any atom is 0.142 e. The molecule has 0 saturated carbocycles. The summed E-state index contributed by atoms with van der Waals surface area (Å²) < 4.78 is 0. The van der Waals surface area contributed by atoms with Gasteiger partial charge in [-0.05, 0) is 34.6 Å². The van der Waals surface area contributed by atoms with Gasteiger partial charge in [0, 0.05) is 22.4 Å². The first kappa shape index (κ1) is 15.6. The number of Topliss-reactive ketones (excluding diaryl/α,β-unsaturated/α-hetero) is 1. The van der Waals surface area contributed by atoms with Crippen molar-refractivity contribution in [3.05, 3.63) is 0 Å². The van der Waals surface area contributed by atoms with Crippen LogP contribution in [0.4, 0.5) is 0 Å². The number of carbonyl (C=O) groups is 1. The van der Waals surface area contributed by atoms with Crippen LogP contribution in [0.25, 0.3) is 0 Å². The molecule has 0 aliphatic carbocycles. The van der Waals surface area contributed by atoms with Gasteiger partial charge in [-0.15, -0.1) is 0 Å². The van der Waals surface area contributed by atoms with Gasteiger partial charge in [0.05, 0.1) is 0 Å². The molecule has 0 aromatic rings. The molecule has 96 valence electrons. The minimum Gasteiger partial charge on any atom is -0.306 e. The van der Waals surface area contributed by atoms with Gasteiger partial charge >= 0.3 is 0 Å². The van der Waals surface area contributed by atoms with Gasteiger partial charge < -0.3 is 5.32 Å². The summed E-state index contributed by atoms with van der Waals surface area (Å²) in [6.45, 7) is 18.6. The second-order valence-corrected chi connectivity index (χ2v) is 7.43. The highest BCUT2D eigenvalue weighted by atomic mass is 16.1. The quantitative estimate of drug-likeness (QED) is 0.800. The Morgan fingerprint density at radius 1 is 0.938 bits per heavy atom. The number of ketones is 1. The highest BCUT2D eigenvalue weighted by Gasteiger charge is 2.38. The summed E-state index contributed by atoms with van der Waals surface area (Å²) >= 11 is 0. The lowest BCUT2D eigenvalue weighted by atomic mass is 9.75. The van der Waals surface area contributed by atoms with E-state index in [2.05, 4.69) is 39.9 Å². The van der Waals surface area contributed by atoms with Gasteiger partial charge in [-0.25, -0.2) is 0 Å². The first-order valence-corrected chi connectivity index (χ1v) is 6.11. The monoisotopic (exact) mass is 227 g/mol. The molecule has 1 N–H and O–H groups in total. The summed E-state index contributed by atoms with van der Waals surface area (Å²) in [5.41, 5.74) is -0.422. The lowest BCUT2D eigenvalue weighted by Gasteiger charge is -2.40. The predicted molar refractivity (Wildman–Crippen MR) is 70.6 cm³/mol. The van der Waals surface area contributed by atoms with Gasteiger partial charge in [-0.2, -0.15) is 0 Å². The van der Waals surface area contributed by atoms with Crippen molar-refractivity contribution >= 4 is 5.78 Å². The van der Waals surface area contributed by atoms with E-state index >= 15 is 0 Å². The van der Waals surface area contributed by atoms with Gasteiger partial charge in [0.2, 0.25) is 0 Å². The van der Waals surface area contributed by atoms with Crippen LogP contribution in [-0.4, -0.2) is 16.9 Å². The zero-order valence-corrected chi connectivity index (χ0v) is 12.5. The minimum absolute atomic E-state index is 0.00623. The Balaban J connectivity index is 4.84. The SMILES string of the molecule is CC(C(=O)C(C)(C)C)C(C)(C)NC(C)(C)C. The van der Waals surface area contributed by atoms with Crippen molar-refractivity contribution in [2.45, 2.75) is 73.4 Å². The lowest BCUT2D eigenvalue weighted by molar-refractivity contribution is -0.132. The van der Waals surface area contributed by atoms with Crippen LogP contribution in [0.1, 0.15) is 62.3 Å². The molecule has 0 aliphatic heterocycles. The number of hydrogen-bond donors (Lipinski definition) is 1. The van der Waals surface area contributed by atoms with E-state index < -0.39 is 0 Å². The lowest BCUT2D eigenvalue weighted by Crippen LogP contribution is -2.56. The van der Waals surface area contributed by atoms with Gasteiger partial charge in [-0.1, -0.05) is 27.7 Å². The summed E-state index contributed by atoms with van der Waals surface area (Å²) in [7, 11) is 0. The smallest absolute Gasteiger partial charge is 0.142 e. The zero-order chi connectivity index (χ0) is 13.4. The molecule has 0 saturated heterocycles. The highest BCUT2D eigenvalue weighted by Crippen LogP contribution is 2.28. The average molecular weight is 227 g/mol. The number of carbonyl (C=O) groups excluding carboxylic acids is 1. The van der Waals surface area contributed by atoms with Crippen molar-refractivity contribution in [2.24, 2.45) is 11.3 Å². The molecule has 0 spiro atoms. The summed E-state index contributed by atoms with van der Waals surface area (Å²) in [4.78, 5) is 12.3. The maximum atomic E-state index is 12.3. The largest absolute Gasteiger partial charge is 0.306 e. The third-order valence-corrected chi connectivity index (χ3v) is 2.91. The second kappa shape index (κ2) is 4.48. The molecule has 0 radical (unpaired) electrons. The third-order valence-electron chi connectivity index (χ3n) is 2.91. The van der Waals surface area contributed by atoms with Crippen LogP contribution < -0.4 is 5.32 Å². The number of hydrogen-bond acceptors (Lipinski definition) is 2. The zero-order valence-electron chi connectivity index (χ0n) is 12.5. The predicted octanol–water partition coefficient (Wildman–Crippen LogP) is 3.40. The van der Waals surface area contributed by atoms with Crippen LogP contribution in [0.2, 0.25) is 0 Å². The Bertz CT molecular complexity index is 253. The number of rotatable bonds is 3. The Morgan fingerprint density at radius 2 is 1.31 bits per heavy atom. The topological polar surface area (TPSA) is 29.1 Å². The van der Waals surface area contributed by atoms with E-state index in [-0.39, 0.29) is 22.4 Å². The molecule has 1 unspecified atom stereocenters. The molecule has 1 atom stereocenters. The van der Waals surface area contributed by atoms with Crippen LogP contribution in [0.3, 0.4) is 0 Å². The van der Waals surface area contributed by atoms with Crippen LogP contribution in [0.15, 0.2) is 0 Å². The molecule has 0 aromatic heterocycles. The molecule has 0 bridgehead atoms. The Labute approximate surface area is 101 Å². The fourth-order valence-electron chi connectivity index (χ4n) is 2.05. The summed E-state index contributed by atoms with van der Waals surface area (Å²) in [6, 6.07) is 0. The van der Waals surface area contributed by atoms with E-state index in [1.54, 1.807) is 0 Å². The number of nitrogens with one attached hydrogen (secondary N) is 1. The van der Waals surface area contributed by atoms with E-state index in [4.69, 9.17) is 0 Å². The van der Waals surface area contributed by atoms with E-state index in [0.29, 0.717) is 5.78 Å². The van der Waals surface area contributed by atoms with E-state index in [9.17, 15) is 4.79 Å². The molecular formula is C14H29NO. The Kier molecular flexibility index (Phi) is 4.38. The normalized spacial score (nSPS) is 16.1. The van der Waals surface area contributed by atoms with Gasteiger partial charge in [-0.3, -0.25) is 4.79 Å². The summed E-state index contributed by atoms with van der Waals surface area (Å²) in [5.74, 6) is 0.320. The van der Waals surface area contributed by atoms with Crippen molar-refractivity contribution in [3.63, 3.8) is 0 Å². The molecule has 16 heavy (non-hydrogen) atoms. The molecule has 2 heteroatoms. The summed E-state index contributed by atoms with van der Waals surface area (Å²) in [5, 5.41) is 3.53. The van der Waals surface area contributed by atoms with Gasteiger partial charge in [0.25, 0.3) is 0 Å². The van der Waals surface area contributed by atoms with Crippen molar-refractivity contribution in [1.82, 2.24) is 5.32 Å². The average Bonchev–Trinajstić information content (AvgIpc) is 1.95. The molecule has 0 rings (SSSR count). The molecule has 0 amide bonds. The van der Waals surface area contributed by atoms with Crippen molar-refractivity contribution in [2.75, 3.05) is 0 Å². The molecule has 2 nitrogen and oxygen atoms in total. The summed E-state index contributed by atoms with van der Waals surface area (Å²) in [6.07, 6.45) is 0. The Morgan fingerprint density at radius 3 is 1.56 bits per heavy atom. The minimum atomic E-state index is -0.268. The molecular weight excluding hydrogens is 198 g/mol. The van der Waals surface area contributed by atoms with Gasteiger partial charge in [0.1, 0.15) is 5.78 Å².